The van der Waals surface area contributed by atoms with Crippen LogP contribution in [-0.2, 0) is 18.4 Å². The predicted octanol–water partition coefficient (Wildman–Crippen LogP) is 1.24. The molecule has 0 unspecified atom stereocenters. The Kier molecular flexibility index (Phi) is 9.05. The summed E-state index contributed by atoms with van der Waals surface area (Å²) in [6.07, 6.45) is 9.35. The molecule has 4 heterocycles. The zero-order valence-corrected chi connectivity index (χ0v) is 21.7. The molecule has 3 fully saturated rings. The first-order valence-electron chi connectivity index (χ1n) is 13.8. The molecule has 196 valence electrons. The Labute approximate surface area is 209 Å². The van der Waals surface area contributed by atoms with Crippen LogP contribution >= 0.6 is 0 Å². The second-order valence-electron chi connectivity index (χ2n) is 10.5. The first kappa shape index (κ1) is 25.9. The monoisotopic (exact) mass is 488 g/mol. The van der Waals surface area contributed by atoms with E-state index < -0.39 is 0 Å². The van der Waals surface area contributed by atoms with Gasteiger partial charge in [-0.15, -0.1) is 0 Å². The van der Waals surface area contributed by atoms with Gasteiger partial charge < -0.3 is 20.0 Å². The number of nitrogens with one attached hydrogen (secondary N) is 1. The van der Waals surface area contributed by atoms with Crippen LogP contribution in [0, 0.1) is 5.92 Å². The molecule has 0 radical (unpaired) electrons. The topological polar surface area (TPSA) is 82.8 Å². The second kappa shape index (κ2) is 12.2. The van der Waals surface area contributed by atoms with E-state index in [-0.39, 0.29) is 23.1 Å². The molecular weight excluding hydrogens is 444 g/mol. The van der Waals surface area contributed by atoms with E-state index in [1.807, 2.05) is 11.8 Å². The van der Waals surface area contributed by atoms with Gasteiger partial charge in [0.05, 0.1) is 5.92 Å². The Morgan fingerprint density at radius 2 is 1.74 bits per heavy atom. The van der Waals surface area contributed by atoms with E-state index in [9.17, 15) is 14.4 Å². The fourth-order valence-electron chi connectivity index (χ4n) is 6.07. The lowest BCUT2D eigenvalue weighted by Crippen LogP contribution is -2.48. The van der Waals surface area contributed by atoms with Crippen LogP contribution in [0.5, 0.6) is 0 Å². The Morgan fingerprint density at radius 1 is 1.00 bits per heavy atom. The van der Waals surface area contributed by atoms with Gasteiger partial charge in [-0.1, -0.05) is 6.42 Å². The van der Waals surface area contributed by atoms with Gasteiger partial charge >= 0.3 is 5.69 Å². The van der Waals surface area contributed by atoms with Crippen molar-refractivity contribution >= 4 is 11.7 Å². The summed E-state index contributed by atoms with van der Waals surface area (Å²) in [5, 5.41) is 3.15. The maximum Gasteiger partial charge on any atom is 0.332 e. The minimum absolute atomic E-state index is 0.0905. The first-order chi connectivity index (χ1) is 17.0. The van der Waals surface area contributed by atoms with Crippen molar-refractivity contribution in [1.29, 1.82) is 0 Å². The third-order valence-corrected chi connectivity index (χ3v) is 8.22. The van der Waals surface area contributed by atoms with Gasteiger partial charge in [0.1, 0.15) is 5.82 Å². The fraction of sp³-hybridized carbons (Fsp3) is 0.808. The van der Waals surface area contributed by atoms with Crippen LogP contribution in [0.3, 0.4) is 0 Å². The number of nitrogens with zero attached hydrogens (tertiary/aromatic N) is 5. The van der Waals surface area contributed by atoms with Crippen molar-refractivity contribution < 1.29 is 4.79 Å². The quantitative estimate of drug-likeness (QED) is 0.555. The predicted molar refractivity (Wildman–Crippen MR) is 139 cm³/mol. The van der Waals surface area contributed by atoms with Crippen LogP contribution in [0.15, 0.2) is 15.7 Å². The molecule has 3 aliphatic rings. The molecule has 0 spiro atoms. The standard InChI is InChI=1S/C26H44N6O3/c1-3-32-23(19-24(33)28(2)26(32)35)31-16-7-9-21(20-31)25(34)27-12-8-13-29-17-10-22(11-18-29)30-14-5-4-6-15-30/h19,21-22H,3-18,20H2,1-2H3,(H,27,34)/t21-/m0/s1. The van der Waals surface area contributed by atoms with Crippen molar-refractivity contribution in [3.63, 3.8) is 0 Å². The minimum atomic E-state index is -0.304. The summed E-state index contributed by atoms with van der Waals surface area (Å²) in [5.74, 6) is 0.604. The van der Waals surface area contributed by atoms with Gasteiger partial charge in [-0.3, -0.25) is 18.7 Å². The normalized spacial score (nSPS) is 22.9. The van der Waals surface area contributed by atoms with Crippen LogP contribution in [0.2, 0.25) is 0 Å². The Balaban J connectivity index is 1.20. The molecule has 0 saturated carbocycles. The number of anilines is 1. The summed E-state index contributed by atoms with van der Waals surface area (Å²) >= 11 is 0. The maximum atomic E-state index is 12.9. The lowest BCUT2D eigenvalue weighted by atomic mass is 9.97. The number of likely N-dealkylation sites (tertiary alicyclic amines) is 2. The molecule has 1 aromatic heterocycles. The number of hydrogen-bond donors (Lipinski definition) is 1. The molecule has 0 aliphatic carbocycles. The van der Waals surface area contributed by atoms with Gasteiger partial charge in [-0.05, 0) is 84.6 Å². The zero-order chi connectivity index (χ0) is 24.8. The summed E-state index contributed by atoms with van der Waals surface area (Å²) in [4.78, 5) is 44.9. The Hall–Kier alpha value is -2.13. The lowest BCUT2D eigenvalue weighted by molar-refractivity contribution is -0.125. The highest BCUT2D eigenvalue weighted by Gasteiger charge is 2.28. The highest BCUT2D eigenvalue weighted by Crippen LogP contribution is 2.23. The van der Waals surface area contributed by atoms with Crippen molar-refractivity contribution in [3.8, 4) is 0 Å². The third-order valence-electron chi connectivity index (χ3n) is 8.22. The smallest absolute Gasteiger partial charge is 0.332 e. The van der Waals surface area contributed by atoms with Crippen LogP contribution in [0.1, 0.15) is 58.3 Å². The summed E-state index contributed by atoms with van der Waals surface area (Å²) < 4.78 is 2.76. The molecule has 35 heavy (non-hydrogen) atoms. The van der Waals surface area contributed by atoms with Gasteiger partial charge in [0, 0.05) is 45.3 Å². The molecule has 1 aromatic rings. The zero-order valence-electron chi connectivity index (χ0n) is 21.7. The number of hydrogen-bond acceptors (Lipinski definition) is 6. The Morgan fingerprint density at radius 3 is 2.46 bits per heavy atom. The van der Waals surface area contributed by atoms with Gasteiger partial charge in [0.25, 0.3) is 5.56 Å². The van der Waals surface area contributed by atoms with E-state index in [0.717, 1.165) is 43.0 Å². The van der Waals surface area contributed by atoms with E-state index >= 15 is 0 Å². The summed E-state index contributed by atoms with van der Waals surface area (Å²) in [7, 11) is 1.50. The summed E-state index contributed by atoms with van der Waals surface area (Å²) in [5.41, 5.74) is -0.609. The highest BCUT2D eigenvalue weighted by atomic mass is 16.2. The third kappa shape index (κ3) is 6.36. The van der Waals surface area contributed by atoms with Crippen LogP contribution in [0.25, 0.3) is 0 Å². The number of piperidine rings is 3. The van der Waals surface area contributed by atoms with E-state index in [0.29, 0.717) is 25.5 Å². The molecule has 3 saturated heterocycles. The second-order valence-corrected chi connectivity index (χ2v) is 10.5. The fourth-order valence-corrected chi connectivity index (χ4v) is 6.07. The largest absolute Gasteiger partial charge is 0.357 e. The van der Waals surface area contributed by atoms with Crippen molar-refractivity contribution in [2.24, 2.45) is 13.0 Å². The van der Waals surface area contributed by atoms with Crippen molar-refractivity contribution in [2.75, 3.05) is 57.3 Å². The summed E-state index contributed by atoms with van der Waals surface area (Å²) in [6, 6.07) is 2.30. The van der Waals surface area contributed by atoms with Crippen molar-refractivity contribution in [3.05, 3.63) is 26.9 Å². The van der Waals surface area contributed by atoms with Gasteiger partial charge in [0.2, 0.25) is 5.91 Å². The van der Waals surface area contributed by atoms with Crippen LogP contribution in [0.4, 0.5) is 5.82 Å². The number of carbonyl (C=O) groups is 1. The highest BCUT2D eigenvalue weighted by molar-refractivity contribution is 5.79. The number of aromatic nitrogens is 2. The average Bonchev–Trinajstić information content (AvgIpc) is 2.90. The molecule has 1 amide bonds. The molecule has 1 atom stereocenters. The van der Waals surface area contributed by atoms with Crippen molar-refractivity contribution in [2.45, 2.75) is 70.9 Å². The van der Waals surface area contributed by atoms with E-state index in [2.05, 4.69) is 15.1 Å². The minimum Gasteiger partial charge on any atom is -0.357 e. The molecule has 4 rings (SSSR count). The Bertz CT molecular complexity index is 959. The van der Waals surface area contributed by atoms with E-state index in [4.69, 9.17) is 0 Å². The van der Waals surface area contributed by atoms with Gasteiger partial charge in [-0.25, -0.2) is 4.79 Å². The maximum absolute atomic E-state index is 12.9. The lowest BCUT2D eigenvalue weighted by Gasteiger charge is -2.40. The first-order valence-corrected chi connectivity index (χ1v) is 13.8. The molecule has 9 nitrogen and oxygen atoms in total. The SMILES string of the molecule is CCn1c(N2CCC[C@H](C(=O)NCCCN3CCC(N4CCCCC4)CC3)C2)cc(=O)n(C)c1=O. The number of amides is 1. The van der Waals surface area contributed by atoms with E-state index in [1.54, 1.807) is 4.57 Å². The number of carbonyl (C=O) groups excluding carboxylic acids is 1. The van der Waals surface area contributed by atoms with Crippen LogP contribution < -0.4 is 21.5 Å². The average molecular weight is 489 g/mol. The van der Waals surface area contributed by atoms with Crippen molar-refractivity contribution in [1.82, 2.24) is 24.3 Å². The molecular formula is C26H44N6O3. The summed E-state index contributed by atoms with van der Waals surface area (Å²) in [6.45, 7) is 10.3. The molecule has 1 N–H and O–H groups in total. The van der Waals surface area contributed by atoms with Gasteiger partial charge in [-0.2, -0.15) is 0 Å². The molecule has 0 bridgehead atoms. The number of rotatable bonds is 8. The van der Waals surface area contributed by atoms with E-state index in [1.165, 1.54) is 71.4 Å². The van der Waals surface area contributed by atoms with Gasteiger partial charge in [0.15, 0.2) is 0 Å². The molecule has 0 aromatic carbocycles. The van der Waals surface area contributed by atoms with Crippen LogP contribution in [-0.4, -0.2) is 83.2 Å². The molecule has 3 aliphatic heterocycles. The molecule has 9 heteroatoms.